The van der Waals surface area contributed by atoms with Crippen molar-refractivity contribution in [1.82, 2.24) is 4.90 Å². The summed E-state index contributed by atoms with van der Waals surface area (Å²) in [4.78, 5) is 27.5. The number of hydrogen-bond donors (Lipinski definition) is 0. The lowest BCUT2D eigenvalue weighted by molar-refractivity contribution is -0.117. The number of ketones is 1. The summed E-state index contributed by atoms with van der Waals surface area (Å²) < 4.78 is 12.8. The van der Waals surface area contributed by atoms with Crippen molar-refractivity contribution in [3.8, 4) is 5.75 Å². The number of piperidine rings is 1. The fourth-order valence-corrected chi connectivity index (χ4v) is 4.56. The average Bonchev–Trinajstić information content (AvgIpc) is 2.75. The molecule has 0 amide bonds. The van der Waals surface area contributed by atoms with Gasteiger partial charge in [0.15, 0.2) is 0 Å². The highest BCUT2D eigenvalue weighted by atomic mass is 79.9. The second kappa shape index (κ2) is 9.59. The van der Waals surface area contributed by atoms with Crippen LogP contribution in [0.25, 0.3) is 11.0 Å². The number of benzene rings is 2. The van der Waals surface area contributed by atoms with Crippen molar-refractivity contribution in [2.75, 3.05) is 20.1 Å². The molecule has 0 unspecified atom stereocenters. The molecule has 0 bridgehead atoms. The Morgan fingerprint density at radius 1 is 1.12 bits per heavy atom. The first kappa shape index (κ1) is 22.7. The number of Topliss-reactive ketones (excluding diaryl/α,β-unsaturated/α-hetero) is 1. The van der Waals surface area contributed by atoms with Crippen LogP contribution in [-0.4, -0.2) is 36.9 Å². The number of aryl methyl sites for hydroxylation is 2. The summed E-state index contributed by atoms with van der Waals surface area (Å²) in [5.74, 6) is 0.732. The number of fused-ring (bicyclic) bond motifs is 1. The Balaban J connectivity index is 1.51. The van der Waals surface area contributed by atoms with Gasteiger partial charge in [0.1, 0.15) is 23.2 Å². The van der Waals surface area contributed by atoms with E-state index in [1.807, 2.05) is 44.2 Å². The van der Waals surface area contributed by atoms with E-state index in [1.165, 1.54) is 0 Å². The third-order valence-corrected chi connectivity index (χ3v) is 7.01. The largest absolute Gasteiger partial charge is 0.490 e. The maximum atomic E-state index is 12.6. The van der Waals surface area contributed by atoms with Crippen LogP contribution in [-0.2, 0) is 17.6 Å². The summed E-state index contributed by atoms with van der Waals surface area (Å²) >= 11 is 3.50. The Morgan fingerprint density at radius 3 is 2.59 bits per heavy atom. The summed E-state index contributed by atoms with van der Waals surface area (Å²) in [6.45, 7) is 5.95. The molecule has 1 aromatic heterocycles. The minimum absolute atomic E-state index is 0.0219. The summed E-state index contributed by atoms with van der Waals surface area (Å²) in [6, 6.07) is 11.5. The molecule has 32 heavy (non-hydrogen) atoms. The van der Waals surface area contributed by atoms with Gasteiger partial charge < -0.3 is 14.1 Å². The number of ether oxygens (including phenoxy) is 1. The molecule has 4 rings (SSSR count). The number of hydrogen-bond acceptors (Lipinski definition) is 5. The van der Waals surface area contributed by atoms with Gasteiger partial charge in [-0.1, -0.05) is 28.1 Å². The Morgan fingerprint density at radius 2 is 1.88 bits per heavy atom. The van der Waals surface area contributed by atoms with E-state index in [0.29, 0.717) is 11.1 Å². The van der Waals surface area contributed by atoms with E-state index in [0.717, 1.165) is 58.2 Å². The smallest absolute Gasteiger partial charge is 0.339 e. The van der Waals surface area contributed by atoms with Crippen LogP contribution in [0, 0.1) is 13.8 Å². The van der Waals surface area contributed by atoms with E-state index in [-0.39, 0.29) is 24.7 Å². The Hall–Kier alpha value is -2.44. The van der Waals surface area contributed by atoms with Crippen molar-refractivity contribution in [2.24, 2.45) is 0 Å². The second-order valence-electron chi connectivity index (χ2n) is 8.76. The van der Waals surface area contributed by atoms with Crippen LogP contribution in [0.2, 0.25) is 0 Å². The highest BCUT2D eigenvalue weighted by Crippen LogP contribution is 2.29. The average molecular weight is 498 g/mol. The molecule has 0 radical (unpaired) electrons. The number of carbonyl (C=O) groups is 1. The zero-order valence-corrected chi connectivity index (χ0v) is 20.3. The number of halogens is 1. The van der Waals surface area contributed by atoms with Crippen LogP contribution >= 0.6 is 15.9 Å². The van der Waals surface area contributed by atoms with Crippen LogP contribution < -0.4 is 10.4 Å². The molecular formula is C26H28BrNO4. The van der Waals surface area contributed by atoms with Gasteiger partial charge in [0.25, 0.3) is 0 Å². The van der Waals surface area contributed by atoms with Gasteiger partial charge in [-0.3, -0.25) is 4.79 Å². The van der Waals surface area contributed by atoms with Gasteiger partial charge in [-0.25, -0.2) is 4.79 Å². The van der Waals surface area contributed by atoms with E-state index in [1.54, 1.807) is 6.07 Å². The Bertz CT molecular complexity index is 1210. The van der Waals surface area contributed by atoms with E-state index >= 15 is 0 Å². The van der Waals surface area contributed by atoms with Crippen molar-refractivity contribution in [3.63, 3.8) is 0 Å². The predicted octanol–water partition coefficient (Wildman–Crippen LogP) is 5.00. The summed E-state index contributed by atoms with van der Waals surface area (Å²) in [5.41, 5.74) is 3.31. The molecule has 168 valence electrons. The molecule has 2 heterocycles. The number of nitrogens with zero attached hydrogens (tertiary/aromatic N) is 1. The van der Waals surface area contributed by atoms with Crippen LogP contribution in [0.1, 0.15) is 35.1 Å². The molecular weight excluding hydrogens is 470 g/mol. The number of rotatable bonds is 6. The third-order valence-electron chi connectivity index (χ3n) is 6.16. The van der Waals surface area contributed by atoms with Crippen LogP contribution in [0.15, 0.2) is 50.1 Å². The predicted molar refractivity (Wildman–Crippen MR) is 130 cm³/mol. The van der Waals surface area contributed by atoms with Crippen molar-refractivity contribution in [1.29, 1.82) is 0 Å². The summed E-state index contributed by atoms with van der Waals surface area (Å²) in [5, 5.41) is 0.804. The molecule has 5 nitrogen and oxygen atoms in total. The number of likely N-dealkylation sites (tertiary alicyclic amines) is 1. The van der Waals surface area contributed by atoms with Crippen molar-refractivity contribution in [2.45, 2.75) is 45.6 Å². The second-order valence-corrected chi connectivity index (χ2v) is 9.62. The van der Waals surface area contributed by atoms with Gasteiger partial charge in [0.2, 0.25) is 0 Å². The van der Waals surface area contributed by atoms with Crippen LogP contribution in [0.3, 0.4) is 0 Å². The Kier molecular flexibility index (Phi) is 6.82. The first-order chi connectivity index (χ1) is 15.3. The molecule has 1 aliphatic rings. The molecule has 6 heteroatoms. The first-order valence-electron chi connectivity index (χ1n) is 11.0. The van der Waals surface area contributed by atoms with Gasteiger partial charge in [0, 0.05) is 46.9 Å². The van der Waals surface area contributed by atoms with Gasteiger partial charge in [-0.05, 0) is 69.1 Å². The highest BCUT2D eigenvalue weighted by molar-refractivity contribution is 9.10. The monoisotopic (exact) mass is 497 g/mol. The molecule has 1 aliphatic heterocycles. The maximum Gasteiger partial charge on any atom is 0.339 e. The van der Waals surface area contributed by atoms with E-state index < -0.39 is 5.63 Å². The van der Waals surface area contributed by atoms with E-state index in [9.17, 15) is 9.59 Å². The van der Waals surface area contributed by atoms with Gasteiger partial charge >= 0.3 is 5.63 Å². The van der Waals surface area contributed by atoms with Crippen molar-refractivity contribution >= 4 is 32.7 Å². The lowest BCUT2D eigenvalue weighted by Crippen LogP contribution is -2.35. The third kappa shape index (κ3) is 5.13. The maximum absolute atomic E-state index is 12.6. The molecule has 3 aromatic rings. The molecule has 0 saturated carbocycles. The van der Waals surface area contributed by atoms with Gasteiger partial charge in [-0.15, -0.1) is 0 Å². The van der Waals surface area contributed by atoms with E-state index in [4.69, 9.17) is 9.15 Å². The fraction of sp³-hybridized carbons (Fsp3) is 0.385. The minimum atomic E-state index is -0.463. The molecule has 0 aliphatic carbocycles. The molecule has 0 atom stereocenters. The molecule has 1 saturated heterocycles. The molecule has 2 aromatic carbocycles. The SMILES string of the molecule is Cc1ccc(CC(=O)Cc2cc3ccc(OC4CCN(C)CC4)c(C)c3oc2=O)cc1Br. The van der Waals surface area contributed by atoms with Crippen LogP contribution in [0.5, 0.6) is 5.75 Å². The molecule has 0 N–H and O–H groups in total. The number of carbonyl (C=O) groups excluding carboxylic acids is 1. The summed E-state index contributed by atoms with van der Waals surface area (Å²) in [7, 11) is 2.12. The quantitative estimate of drug-likeness (QED) is 0.448. The Labute approximate surface area is 196 Å². The highest BCUT2D eigenvalue weighted by Gasteiger charge is 2.20. The molecule has 0 spiro atoms. The minimum Gasteiger partial charge on any atom is -0.490 e. The first-order valence-corrected chi connectivity index (χ1v) is 11.8. The van der Waals surface area contributed by atoms with Crippen molar-refractivity contribution in [3.05, 3.63) is 73.5 Å². The van der Waals surface area contributed by atoms with Crippen LogP contribution in [0.4, 0.5) is 0 Å². The fourth-order valence-electron chi connectivity index (χ4n) is 4.13. The lowest BCUT2D eigenvalue weighted by Gasteiger charge is -2.29. The van der Waals surface area contributed by atoms with Crippen molar-refractivity contribution < 1.29 is 13.9 Å². The zero-order chi connectivity index (χ0) is 22.8. The van der Waals surface area contributed by atoms with Gasteiger partial charge in [0.05, 0.1) is 0 Å². The van der Waals surface area contributed by atoms with Gasteiger partial charge in [-0.2, -0.15) is 0 Å². The summed E-state index contributed by atoms with van der Waals surface area (Å²) in [6.07, 6.45) is 2.47. The lowest BCUT2D eigenvalue weighted by atomic mass is 10.0. The molecule has 1 fully saturated rings. The topological polar surface area (TPSA) is 59.8 Å². The standard InChI is InChI=1S/C26H28BrNO4/c1-16-4-5-18(13-23(16)27)12-21(29)15-20-14-19-6-7-24(17(2)25(19)32-26(20)30)31-22-8-10-28(3)11-9-22/h4-7,13-14,22H,8-12,15H2,1-3H3. The zero-order valence-electron chi connectivity index (χ0n) is 18.7. The normalized spacial score (nSPS) is 15.2. The van der Waals surface area contributed by atoms with E-state index in [2.05, 4.69) is 27.9 Å².